The van der Waals surface area contributed by atoms with E-state index < -0.39 is 0 Å². The van der Waals surface area contributed by atoms with Gasteiger partial charge in [0.05, 0.1) is 0 Å². The number of aromatic nitrogens is 2. The second kappa shape index (κ2) is 3.05. The van der Waals surface area contributed by atoms with Gasteiger partial charge < -0.3 is 5.32 Å². The maximum absolute atomic E-state index is 4.42. The van der Waals surface area contributed by atoms with Gasteiger partial charge in [-0.25, -0.2) is 0 Å². The quantitative estimate of drug-likeness (QED) is 0.770. The minimum absolute atomic E-state index is 0.548. The molecule has 0 spiro atoms. The summed E-state index contributed by atoms with van der Waals surface area (Å²) in [4.78, 5) is 0. The zero-order valence-electron chi connectivity index (χ0n) is 8.54. The number of anilines is 1. The molecule has 1 aliphatic carbocycles. The molecule has 1 aliphatic rings. The lowest BCUT2D eigenvalue weighted by atomic mass is 10.1. The second-order valence-corrected chi connectivity index (χ2v) is 4.15. The summed E-state index contributed by atoms with van der Waals surface area (Å²) in [5.74, 6) is 1.58. The Morgan fingerprint density at radius 2 is 2.23 bits per heavy atom. The van der Waals surface area contributed by atoms with E-state index >= 15 is 0 Å². The van der Waals surface area contributed by atoms with Crippen LogP contribution in [0.5, 0.6) is 0 Å². The van der Waals surface area contributed by atoms with Crippen molar-refractivity contribution in [2.24, 2.45) is 7.05 Å². The topological polar surface area (TPSA) is 29.9 Å². The number of aryl methyl sites for hydroxylation is 1. The van der Waals surface area contributed by atoms with Crippen LogP contribution in [-0.4, -0.2) is 15.8 Å². The van der Waals surface area contributed by atoms with E-state index in [2.05, 4.69) is 30.3 Å². The number of nitrogens with zero attached hydrogens (tertiary/aromatic N) is 2. The van der Waals surface area contributed by atoms with E-state index in [1.807, 2.05) is 11.7 Å². The van der Waals surface area contributed by atoms with Crippen LogP contribution in [0.25, 0.3) is 0 Å². The first-order valence-corrected chi connectivity index (χ1v) is 4.97. The molecule has 0 saturated heterocycles. The van der Waals surface area contributed by atoms with Crippen LogP contribution in [0.3, 0.4) is 0 Å². The van der Waals surface area contributed by atoms with E-state index in [0.29, 0.717) is 12.0 Å². The molecule has 0 atom stereocenters. The van der Waals surface area contributed by atoms with E-state index in [-0.39, 0.29) is 0 Å². The minimum atomic E-state index is 0.548. The maximum Gasteiger partial charge on any atom is 0.148 e. The molecule has 1 saturated carbocycles. The number of nitrogens with one attached hydrogen (secondary N) is 1. The molecule has 0 amide bonds. The largest absolute Gasteiger partial charge is 0.366 e. The average Bonchev–Trinajstić information content (AvgIpc) is 2.75. The third kappa shape index (κ3) is 1.85. The Morgan fingerprint density at radius 1 is 1.54 bits per heavy atom. The first-order chi connectivity index (χ1) is 6.16. The van der Waals surface area contributed by atoms with Crippen molar-refractivity contribution < 1.29 is 0 Å². The van der Waals surface area contributed by atoms with Crippen molar-refractivity contribution in [3.8, 4) is 0 Å². The molecule has 1 aromatic heterocycles. The van der Waals surface area contributed by atoms with Crippen LogP contribution in [-0.2, 0) is 7.05 Å². The molecule has 3 heteroatoms. The zero-order chi connectivity index (χ0) is 9.42. The summed E-state index contributed by atoms with van der Waals surface area (Å²) in [7, 11) is 2.01. The molecule has 13 heavy (non-hydrogen) atoms. The molecule has 0 unspecified atom stereocenters. The Hall–Kier alpha value is -0.990. The van der Waals surface area contributed by atoms with E-state index in [0.717, 1.165) is 5.82 Å². The summed E-state index contributed by atoms with van der Waals surface area (Å²) in [6.45, 7) is 4.38. The number of hydrogen-bond acceptors (Lipinski definition) is 2. The van der Waals surface area contributed by atoms with Crippen LogP contribution >= 0.6 is 0 Å². The Bertz CT molecular complexity index is 297. The Labute approximate surface area is 79.1 Å². The highest BCUT2D eigenvalue weighted by molar-refractivity contribution is 5.39. The highest BCUT2D eigenvalue weighted by atomic mass is 15.3. The first-order valence-electron chi connectivity index (χ1n) is 4.97. The minimum Gasteiger partial charge on any atom is -0.366 e. The molecule has 72 valence electrons. The Kier molecular flexibility index (Phi) is 2.02. The second-order valence-electron chi connectivity index (χ2n) is 4.15. The summed E-state index contributed by atoms with van der Waals surface area (Å²) in [6.07, 6.45) is 2.60. The van der Waals surface area contributed by atoms with Crippen molar-refractivity contribution in [2.75, 3.05) is 5.32 Å². The van der Waals surface area contributed by atoms with Crippen molar-refractivity contribution in [1.29, 1.82) is 0 Å². The van der Waals surface area contributed by atoms with Crippen LogP contribution in [0, 0.1) is 0 Å². The van der Waals surface area contributed by atoms with Crippen molar-refractivity contribution in [3.05, 3.63) is 11.8 Å². The lowest BCUT2D eigenvalue weighted by Crippen LogP contribution is -2.02. The van der Waals surface area contributed by atoms with Crippen LogP contribution in [0.2, 0.25) is 0 Å². The Balaban J connectivity index is 2.13. The van der Waals surface area contributed by atoms with Crippen molar-refractivity contribution in [3.63, 3.8) is 0 Å². The predicted octanol–water partition coefficient (Wildman–Crippen LogP) is 2.12. The van der Waals surface area contributed by atoms with E-state index in [9.17, 15) is 0 Å². The monoisotopic (exact) mass is 179 g/mol. The maximum atomic E-state index is 4.42. The van der Waals surface area contributed by atoms with Crippen LogP contribution in [0.4, 0.5) is 5.82 Å². The van der Waals surface area contributed by atoms with Gasteiger partial charge in [0.2, 0.25) is 0 Å². The molecule has 2 rings (SSSR count). The summed E-state index contributed by atoms with van der Waals surface area (Å²) >= 11 is 0. The Morgan fingerprint density at radius 3 is 2.69 bits per heavy atom. The van der Waals surface area contributed by atoms with Crippen molar-refractivity contribution >= 4 is 5.82 Å². The molecule has 0 aromatic carbocycles. The fourth-order valence-electron chi connectivity index (χ4n) is 1.53. The van der Waals surface area contributed by atoms with E-state index in [4.69, 9.17) is 0 Å². The smallest absolute Gasteiger partial charge is 0.148 e. The van der Waals surface area contributed by atoms with Gasteiger partial charge in [0.1, 0.15) is 5.82 Å². The summed E-state index contributed by atoms with van der Waals surface area (Å²) in [5.41, 5.74) is 1.29. The highest BCUT2D eigenvalue weighted by Crippen LogP contribution is 2.25. The molecular weight excluding hydrogens is 162 g/mol. The van der Waals surface area contributed by atoms with Crippen LogP contribution in [0.15, 0.2) is 6.07 Å². The van der Waals surface area contributed by atoms with Crippen LogP contribution in [0.1, 0.15) is 38.3 Å². The molecule has 1 fully saturated rings. The van der Waals surface area contributed by atoms with Gasteiger partial charge in [0.15, 0.2) is 0 Å². The van der Waals surface area contributed by atoms with Gasteiger partial charge >= 0.3 is 0 Å². The highest BCUT2D eigenvalue weighted by Gasteiger charge is 2.22. The van der Waals surface area contributed by atoms with Gasteiger partial charge in [-0.2, -0.15) is 5.10 Å². The fourth-order valence-corrected chi connectivity index (χ4v) is 1.53. The molecular formula is C10H17N3. The fraction of sp³-hybridized carbons (Fsp3) is 0.700. The zero-order valence-corrected chi connectivity index (χ0v) is 8.54. The summed E-state index contributed by atoms with van der Waals surface area (Å²) in [6, 6.07) is 2.85. The SMILES string of the molecule is CC(C)c1cc(NC2CC2)nn1C. The average molecular weight is 179 g/mol. The van der Waals surface area contributed by atoms with Gasteiger partial charge in [-0.15, -0.1) is 0 Å². The lowest BCUT2D eigenvalue weighted by Gasteiger charge is -2.02. The van der Waals surface area contributed by atoms with E-state index in [1.165, 1.54) is 18.5 Å². The third-order valence-corrected chi connectivity index (χ3v) is 2.44. The molecule has 1 aromatic rings. The molecule has 0 radical (unpaired) electrons. The lowest BCUT2D eigenvalue weighted by molar-refractivity contribution is 0.670. The van der Waals surface area contributed by atoms with E-state index in [1.54, 1.807) is 0 Å². The van der Waals surface area contributed by atoms with Gasteiger partial charge in [0.25, 0.3) is 0 Å². The summed E-state index contributed by atoms with van der Waals surface area (Å²) < 4.78 is 1.97. The number of rotatable bonds is 3. The van der Waals surface area contributed by atoms with Crippen molar-refractivity contribution in [2.45, 2.75) is 38.6 Å². The normalized spacial score (nSPS) is 16.6. The standard InChI is InChI=1S/C10H17N3/c1-7(2)9-6-10(12-13(9)3)11-8-4-5-8/h6-8H,4-5H2,1-3H3,(H,11,12). The van der Waals surface area contributed by atoms with Gasteiger partial charge in [-0.1, -0.05) is 13.8 Å². The molecule has 3 nitrogen and oxygen atoms in total. The van der Waals surface area contributed by atoms with Gasteiger partial charge in [-0.3, -0.25) is 4.68 Å². The van der Waals surface area contributed by atoms with Crippen LogP contribution < -0.4 is 5.32 Å². The van der Waals surface area contributed by atoms with Gasteiger partial charge in [-0.05, 0) is 18.8 Å². The molecule has 1 N–H and O–H groups in total. The van der Waals surface area contributed by atoms with Gasteiger partial charge in [0, 0.05) is 24.8 Å². The predicted molar refractivity (Wildman–Crippen MR) is 53.9 cm³/mol. The molecule has 1 heterocycles. The summed E-state index contributed by atoms with van der Waals surface area (Å²) in [5, 5.41) is 7.82. The third-order valence-electron chi connectivity index (χ3n) is 2.44. The first kappa shape index (κ1) is 8.60. The van der Waals surface area contributed by atoms with Crippen molar-refractivity contribution in [1.82, 2.24) is 9.78 Å². The molecule has 0 bridgehead atoms. The molecule has 0 aliphatic heterocycles. The number of hydrogen-bond donors (Lipinski definition) is 1.